The second kappa shape index (κ2) is 13.3. The molecule has 0 amide bonds. The molecule has 9 rings (SSSR count). The van der Waals surface area contributed by atoms with Crippen LogP contribution in [0.1, 0.15) is 0 Å². The van der Waals surface area contributed by atoms with E-state index in [0.717, 1.165) is 54.9 Å². The summed E-state index contributed by atoms with van der Waals surface area (Å²) >= 11 is 0. The highest BCUT2D eigenvalue weighted by Gasteiger charge is 2.33. The first-order valence-electron chi connectivity index (χ1n) is 16.6. The quantitative estimate of drug-likeness (QED) is 0.124. The van der Waals surface area contributed by atoms with Crippen molar-refractivity contribution >= 4 is 81.7 Å². The van der Waals surface area contributed by atoms with Gasteiger partial charge >= 0.3 is 8.16 Å². The Labute approximate surface area is 292 Å². The number of fused-ring (bicyclic) bond motifs is 7. The molecule has 0 unspecified atom stereocenters. The standard InChI is InChI=1S/C44H32N2O2P2/c1-5-19-35(20-6-1)45(49(37-23-9-3-10-24-37)38-25-11-4-12-26-38)46(36-21-7-2-8-22-36)50-47-41-31-29-33-17-13-15-27-39(33)43(41)44-40-28-16-14-18-34(40)30-32-42(44)48-50/h1-32H. The van der Waals surface area contributed by atoms with E-state index in [2.05, 4.69) is 204 Å². The van der Waals surface area contributed by atoms with E-state index < -0.39 is 16.2 Å². The SMILES string of the molecule is c1ccc(N(N(c2ccccc2)p2oc3ccc4ccccc4c3c3c(ccc4ccccc43)o2)P(c2ccccc2)c2ccccc2)cc1. The molecule has 0 aliphatic heterocycles. The van der Waals surface area contributed by atoms with Crippen LogP contribution in [0.15, 0.2) is 203 Å². The lowest BCUT2D eigenvalue weighted by atomic mass is 9.99. The minimum absolute atomic E-state index is 0.794. The molecule has 0 bridgehead atoms. The fraction of sp³-hybridized carbons (Fsp3) is 0. The van der Waals surface area contributed by atoms with Gasteiger partial charge in [0.2, 0.25) is 0 Å². The Morgan fingerprint density at radius 1 is 0.380 bits per heavy atom. The third kappa shape index (κ3) is 5.50. The van der Waals surface area contributed by atoms with Crippen molar-refractivity contribution in [1.29, 1.82) is 0 Å². The molecule has 0 radical (unpaired) electrons. The molecule has 0 atom stereocenters. The normalized spacial score (nSPS) is 11.4. The Morgan fingerprint density at radius 2 is 0.780 bits per heavy atom. The lowest BCUT2D eigenvalue weighted by Crippen LogP contribution is -2.39. The van der Waals surface area contributed by atoms with Gasteiger partial charge in [-0.15, -0.1) is 0 Å². The summed E-state index contributed by atoms with van der Waals surface area (Å²) in [7, 11) is -2.99. The van der Waals surface area contributed by atoms with Crippen LogP contribution in [-0.2, 0) is 0 Å². The van der Waals surface area contributed by atoms with Crippen molar-refractivity contribution in [2.24, 2.45) is 0 Å². The van der Waals surface area contributed by atoms with Gasteiger partial charge in [-0.25, -0.2) is 4.78 Å². The van der Waals surface area contributed by atoms with Crippen molar-refractivity contribution in [2.45, 2.75) is 0 Å². The minimum atomic E-state index is -1.82. The summed E-state index contributed by atoms with van der Waals surface area (Å²) in [5.74, 6) is 0. The van der Waals surface area contributed by atoms with E-state index in [1.54, 1.807) is 0 Å². The molecule has 0 aliphatic rings. The van der Waals surface area contributed by atoms with Crippen LogP contribution in [0.3, 0.4) is 0 Å². The van der Waals surface area contributed by atoms with E-state index in [1.165, 1.54) is 10.6 Å². The molecule has 0 saturated heterocycles. The first-order chi connectivity index (χ1) is 24.8. The average molecular weight is 683 g/mol. The molecule has 8 aromatic carbocycles. The monoisotopic (exact) mass is 682 g/mol. The van der Waals surface area contributed by atoms with Crippen LogP contribution < -0.4 is 20.2 Å². The molecule has 0 fully saturated rings. The largest absolute Gasteiger partial charge is 0.403 e. The van der Waals surface area contributed by atoms with E-state index in [-0.39, 0.29) is 0 Å². The van der Waals surface area contributed by atoms with Crippen molar-refractivity contribution in [3.05, 3.63) is 194 Å². The zero-order valence-corrected chi connectivity index (χ0v) is 28.9. The van der Waals surface area contributed by atoms with E-state index in [9.17, 15) is 0 Å². The van der Waals surface area contributed by atoms with Gasteiger partial charge in [0, 0.05) is 21.4 Å². The topological polar surface area (TPSA) is 32.8 Å². The second-order valence-corrected chi connectivity index (χ2v) is 15.2. The number of nitrogens with zero attached hydrogens (tertiary/aromatic N) is 2. The number of para-hydroxylation sites is 2. The van der Waals surface area contributed by atoms with Crippen molar-refractivity contribution in [1.82, 2.24) is 0 Å². The maximum absolute atomic E-state index is 7.27. The van der Waals surface area contributed by atoms with Gasteiger partial charge in [-0.2, -0.15) is 4.78 Å². The van der Waals surface area contributed by atoms with Crippen LogP contribution in [0.25, 0.3) is 43.5 Å². The fourth-order valence-corrected chi connectivity index (χ4v) is 10.8. The van der Waals surface area contributed by atoms with Gasteiger partial charge in [0.25, 0.3) is 0 Å². The van der Waals surface area contributed by atoms with Gasteiger partial charge in [-0.3, -0.25) is 0 Å². The van der Waals surface area contributed by atoms with Crippen LogP contribution in [0.5, 0.6) is 0 Å². The number of hydrogen-bond acceptors (Lipinski definition) is 4. The van der Waals surface area contributed by atoms with Crippen LogP contribution in [-0.4, -0.2) is 0 Å². The zero-order chi connectivity index (χ0) is 33.3. The number of anilines is 2. The first-order valence-corrected chi connectivity index (χ1v) is 19.1. The smallest absolute Gasteiger partial charge is 0.362 e. The Morgan fingerprint density at radius 3 is 1.26 bits per heavy atom. The number of rotatable bonds is 7. The molecule has 0 saturated carbocycles. The summed E-state index contributed by atoms with van der Waals surface area (Å²) in [6, 6.07) is 68.2. The number of hydrazine groups is 1. The van der Waals surface area contributed by atoms with Gasteiger partial charge in [0.05, 0.1) is 19.4 Å². The Balaban J connectivity index is 1.43. The Bertz CT molecular complexity index is 2480. The maximum atomic E-state index is 7.27. The molecule has 0 N–H and O–H groups in total. The van der Waals surface area contributed by atoms with Crippen LogP contribution in [0, 0.1) is 0 Å². The van der Waals surface area contributed by atoms with Crippen molar-refractivity contribution in [2.75, 3.05) is 9.56 Å². The highest BCUT2D eigenvalue weighted by molar-refractivity contribution is 7.75. The summed E-state index contributed by atoms with van der Waals surface area (Å²) in [5.41, 5.74) is 3.59. The molecule has 1 aromatic heterocycles. The third-order valence-corrected chi connectivity index (χ3v) is 12.8. The number of benzene rings is 8. The van der Waals surface area contributed by atoms with Crippen LogP contribution in [0.4, 0.5) is 11.4 Å². The summed E-state index contributed by atoms with van der Waals surface area (Å²) in [6.07, 6.45) is 0. The van der Waals surface area contributed by atoms with E-state index in [0.29, 0.717) is 0 Å². The van der Waals surface area contributed by atoms with Gasteiger partial charge in [-0.1, -0.05) is 158 Å². The lowest BCUT2D eigenvalue weighted by Gasteiger charge is -2.40. The van der Waals surface area contributed by atoms with Gasteiger partial charge < -0.3 is 8.39 Å². The van der Waals surface area contributed by atoms with Crippen LogP contribution >= 0.6 is 16.2 Å². The molecule has 0 aliphatic carbocycles. The molecular weight excluding hydrogens is 650 g/mol. The highest BCUT2D eigenvalue weighted by atomic mass is 31.1. The molecule has 240 valence electrons. The molecule has 9 aromatic rings. The summed E-state index contributed by atoms with van der Waals surface area (Å²) in [5, 5.41) is 9.09. The lowest BCUT2D eigenvalue weighted by molar-refractivity contribution is 0.635. The minimum Gasteiger partial charge on any atom is -0.403 e. The van der Waals surface area contributed by atoms with E-state index in [4.69, 9.17) is 8.39 Å². The van der Waals surface area contributed by atoms with Crippen molar-refractivity contribution in [3.8, 4) is 0 Å². The van der Waals surface area contributed by atoms with Gasteiger partial charge in [0.1, 0.15) is 11.2 Å². The molecule has 0 spiro atoms. The van der Waals surface area contributed by atoms with Gasteiger partial charge in [-0.05, 0) is 57.9 Å². The fourth-order valence-electron chi connectivity index (χ4n) is 6.65. The Kier molecular flexibility index (Phi) is 8.03. The molecule has 4 nitrogen and oxygen atoms in total. The maximum Gasteiger partial charge on any atom is 0.362 e. The molecule has 1 heterocycles. The second-order valence-electron chi connectivity index (χ2n) is 12.0. The average Bonchev–Trinajstić information content (AvgIpc) is 3.36. The summed E-state index contributed by atoms with van der Waals surface area (Å²) < 4.78 is 19.2. The molecule has 50 heavy (non-hydrogen) atoms. The first kappa shape index (κ1) is 30.3. The summed E-state index contributed by atoms with van der Waals surface area (Å²) in [6.45, 7) is 0. The van der Waals surface area contributed by atoms with Gasteiger partial charge in [0.15, 0.2) is 0 Å². The predicted octanol–water partition coefficient (Wildman–Crippen LogP) is 12.3. The summed E-state index contributed by atoms with van der Waals surface area (Å²) in [4.78, 5) is 0. The van der Waals surface area contributed by atoms with E-state index in [1.807, 2.05) is 0 Å². The number of hydrogen-bond donors (Lipinski definition) is 0. The molecular formula is C44H32N2O2P2. The van der Waals surface area contributed by atoms with Crippen LogP contribution in [0.2, 0.25) is 0 Å². The van der Waals surface area contributed by atoms with Crippen molar-refractivity contribution < 1.29 is 8.39 Å². The Hall–Kier alpha value is -5.79. The van der Waals surface area contributed by atoms with Crippen molar-refractivity contribution in [3.63, 3.8) is 0 Å². The zero-order valence-electron chi connectivity index (χ0n) is 27.1. The third-order valence-electron chi connectivity index (χ3n) is 8.88. The highest BCUT2D eigenvalue weighted by Crippen LogP contribution is 2.52. The van der Waals surface area contributed by atoms with E-state index >= 15 is 0 Å². The molecule has 6 heteroatoms. The predicted molar refractivity (Wildman–Crippen MR) is 214 cm³/mol.